The van der Waals surface area contributed by atoms with Crippen molar-refractivity contribution < 1.29 is 40.6 Å². The monoisotopic (exact) mass is 526 g/mol. The largest absolute Gasteiger partial charge is 0.491 e. The highest BCUT2D eigenvalue weighted by molar-refractivity contribution is 5.82. The molecule has 1 N–H and O–H groups in total. The van der Waals surface area contributed by atoms with Crippen LogP contribution in [0.1, 0.15) is 36.6 Å². The van der Waals surface area contributed by atoms with Crippen molar-refractivity contribution >= 4 is 10.9 Å². The van der Waals surface area contributed by atoms with Gasteiger partial charge in [-0.3, -0.25) is 0 Å². The quantitative estimate of drug-likeness (QED) is 0.273. The van der Waals surface area contributed by atoms with Crippen molar-refractivity contribution in [2.24, 2.45) is 0 Å². The Balaban J connectivity index is 1.67. The number of nitrogens with zero attached hydrogens (tertiary/aromatic N) is 2. The van der Waals surface area contributed by atoms with Crippen LogP contribution in [-0.2, 0) is 12.1 Å². The normalized spacial score (nSPS) is 13.1. The third-order valence-electron chi connectivity index (χ3n) is 6.02. The third kappa shape index (κ3) is 4.79. The van der Waals surface area contributed by atoms with Gasteiger partial charge in [0.05, 0.1) is 12.6 Å². The summed E-state index contributed by atoms with van der Waals surface area (Å²) in [6.07, 6.45) is -11.9. The van der Waals surface area contributed by atoms with Gasteiger partial charge in [0.2, 0.25) is 5.89 Å². The average molecular weight is 526 g/mol. The van der Waals surface area contributed by atoms with Crippen LogP contribution >= 0.6 is 0 Å². The smallest absolute Gasteiger partial charge is 0.430 e. The van der Waals surface area contributed by atoms with Crippen LogP contribution in [0.25, 0.3) is 22.4 Å². The van der Waals surface area contributed by atoms with Crippen LogP contribution in [0.15, 0.2) is 52.9 Å². The number of hydrogen-bond acceptors (Lipinski definition) is 4. The summed E-state index contributed by atoms with van der Waals surface area (Å²) in [4.78, 5) is 4.55. The van der Waals surface area contributed by atoms with E-state index in [1.807, 2.05) is 13.8 Å². The molecule has 0 radical (unpaired) electrons. The summed E-state index contributed by atoms with van der Waals surface area (Å²) in [5, 5.41) is 9.86. The van der Waals surface area contributed by atoms with Crippen LogP contribution < -0.4 is 4.74 Å². The van der Waals surface area contributed by atoms with Crippen molar-refractivity contribution in [1.82, 2.24) is 9.55 Å². The zero-order valence-electron chi connectivity index (χ0n) is 20.3. The number of oxazole rings is 1. The number of benzene rings is 2. The Morgan fingerprint density at radius 3 is 2.14 bits per heavy atom. The second kappa shape index (κ2) is 9.13. The van der Waals surface area contributed by atoms with Crippen LogP contribution in [0.5, 0.6) is 5.75 Å². The lowest BCUT2D eigenvalue weighted by Crippen LogP contribution is -2.53. The molecule has 5 nitrogen and oxygen atoms in total. The fraction of sp³-hybridized carbons (Fsp3) is 0.346. The number of alkyl halides is 6. The lowest BCUT2D eigenvalue weighted by molar-refractivity contribution is -0.376. The second-order valence-electron chi connectivity index (χ2n) is 9.06. The van der Waals surface area contributed by atoms with Crippen LogP contribution in [0, 0.1) is 13.8 Å². The van der Waals surface area contributed by atoms with E-state index in [1.54, 1.807) is 42.7 Å². The minimum Gasteiger partial charge on any atom is -0.491 e. The Morgan fingerprint density at radius 2 is 1.57 bits per heavy atom. The van der Waals surface area contributed by atoms with Gasteiger partial charge in [0.25, 0.3) is 5.60 Å². The fourth-order valence-corrected chi connectivity index (χ4v) is 4.13. The molecule has 0 bridgehead atoms. The molecule has 0 unspecified atom stereocenters. The number of aromatic nitrogens is 2. The van der Waals surface area contributed by atoms with E-state index in [9.17, 15) is 31.4 Å². The van der Waals surface area contributed by atoms with Crippen molar-refractivity contribution in [3.63, 3.8) is 0 Å². The average Bonchev–Trinajstić information content (AvgIpc) is 3.30. The molecule has 2 aromatic heterocycles. The number of ether oxygens (including phenoxy) is 1. The van der Waals surface area contributed by atoms with Crippen molar-refractivity contribution in [2.75, 3.05) is 0 Å². The molecule has 0 aliphatic heterocycles. The Bertz CT molecular complexity index is 1400. The van der Waals surface area contributed by atoms with E-state index in [4.69, 9.17) is 9.15 Å². The Morgan fingerprint density at radius 1 is 0.946 bits per heavy atom. The predicted octanol–water partition coefficient (Wildman–Crippen LogP) is 7.06. The summed E-state index contributed by atoms with van der Waals surface area (Å²) in [5.74, 6) is 1.57. The van der Waals surface area contributed by atoms with Gasteiger partial charge in [-0.25, -0.2) is 4.98 Å². The van der Waals surface area contributed by atoms with E-state index in [1.165, 1.54) is 6.07 Å². The molecule has 0 aliphatic rings. The predicted molar refractivity (Wildman–Crippen MR) is 124 cm³/mol. The molecule has 198 valence electrons. The molecule has 0 saturated heterocycles. The molecule has 4 aromatic rings. The number of halogens is 6. The van der Waals surface area contributed by atoms with E-state index in [0.717, 1.165) is 6.07 Å². The summed E-state index contributed by atoms with van der Waals surface area (Å²) >= 11 is 0. The fourth-order valence-electron chi connectivity index (χ4n) is 4.13. The van der Waals surface area contributed by atoms with Gasteiger partial charge in [0.15, 0.2) is 0 Å². The van der Waals surface area contributed by atoms with Crippen molar-refractivity contribution in [1.29, 1.82) is 0 Å². The lowest BCUT2D eigenvalue weighted by Gasteiger charge is -2.32. The number of fused-ring (bicyclic) bond motifs is 1. The Kier molecular flexibility index (Phi) is 6.56. The SMILES string of the molecule is Cc1oc(-c2ccc(OC(C)C)cc2)nc1Cn1c(C)cc2cc(C(O)(C(F)(F)F)C(F)(F)F)ccc21. The summed E-state index contributed by atoms with van der Waals surface area (Å²) in [6, 6.07) is 11.1. The summed E-state index contributed by atoms with van der Waals surface area (Å²) in [6.45, 7) is 7.38. The molecule has 0 aliphatic carbocycles. The molecule has 37 heavy (non-hydrogen) atoms. The van der Waals surface area contributed by atoms with Crippen LogP contribution in [0.4, 0.5) is 26.3 Å². The number of aryl methyl sites for hydroxylation is 2. The van der Waals surface area contributed by atoms with E-state index >= 15 is 0 Å². The molecule has 0 atom stereocenters. The summed E-state index contributed by atoms with van der Waals surface area (Å²) < 4.78 is 93.1. The maximum absolute atomic E-state index is 13.3. The molecule has 0 spiro atoms. The molecule has 2 aromatic carbocycles. The van der Waals surface area contributed by atoms with E-state index in [0.29, 0.717) is 52.0 Å². The third-order valence-corrected chi connectivity index (χ3v) is 6.02. The molecule has 0 saturated carbocycles. The Labute approximate surface area is 208 Å². The second-order valence-corrected chi connectivity index (χ2v) is 9.06. The lowest BCUT2D eigenvalue weighted by atomic mass is 9.91. The van der Waals surface area contributed by atoms with Crippen molar-refractivity contribution in [3.8, 4) is 17.2 Å². The maximum atomic E-state index is 13.3. The van der Waals surface area contributed by atoms with Gasteiger partial charge in [-0.2, -0.15) is 26.3 Å². The number of rotatable bonds is 6. The topological polar surface area (TPSA) is 60.4 Å². The zero-order chi connectivity index (χ0) is 27.3. The first-order chi connectivity index (χ1) is 17.1. The van der Waals surface area contributed by atoms with Gasteiger partial charge in [0, 0.05) is 27.7 Å². The van der Waals surface area contributed by atoms with Crippen molar-refractivity contribution in [3.05, 3.63) is 71.2 Å². The maximum Gasteiger partial charge on any atom is 0.430 e. The highest BCUT2D eigenvalue weighted by Crippen LogP contribution is 2.50. The first-order valence-corrected chi connectivity index (χ1v) is 11.3. The van der Waals surface area contributed by atoms with Gasteiger partial charge in [0.1, 0.15) is 17.2 Å². The molecule has 2 heterocycles. The molecular weight excluding hydrogens is 502 g/mol. The number of aliphatic hydroxyl groups is 1. The van der Waals surface area contributed by atoms with E-state index in [2.05, 4.69) is 4.98 Å². The van der Waals surface area contributed by atoms with Gasteiger partial charge in [-0.05, 0) is 70.2 Å². The Hall–Kier alpha value is -3.47. The van der Waals surface area contributed by atoms with Gasteiger partial charge in [-0.15, -0.1) is 0 Å². The molecule has 11 heteroatoms. The van der Waals surface area contributed by atoms with E-state index < -0.39 is 23.5 Å². The van der Waals surface area contributed by atoms with Crippen LogP contribution in [-0.4, -0.2) is 33.1 Å². The zero-order valence-corrected chi connectivity index (χ0v) is 20.3. The minimum absolute atomic E-state index is 0.0212. The first kappa shape index (κ1) is 26.6. The van der Waals surface area contributed by atoms with E-state index in [-0.39, 0.29) is 18.0 Å². The molecular formula is C26H24F6N2O3. The van der Waals surface area contributed by atoms with Crippen LogP contribution in [0.3, 0.4) is 0 Å². The number of hydrogen-bond donors (Lipinski definition) is 1. The summed E-state index contributed by atoms with van der Waals surface area (Å²) in [5.41, 5.74) is -4.08. The first-order valence-electron chi connectivity index (χ1n) is 11.3. The molecule has 4 rings (SSSR count). The highest BCUT2D eigenvalue weighted by Gasteiger charge is 2.71. The highest BCUT2D eigenvalue weighted by atomic mass is 19.4. The van der Waals surface area contributed by atoms with Gasteiger partial charge >= 0.3 is 12.4 Å². The van der Waals surface area contributed by atoms with Gasteiger partial charge < -0.3 is 18.8 Å². The van der Waals surface area contributed by atoms with Crippen LogP contribution in [0.2, 0.25) is 0 Å². The standard InChI is InChI=1S/C26H24F6N2O3/c1-14(2)36-20-8-5-17(6-9-20)23-33-21(16(4)37-23)13-34-15(3)11-18-12-19(7-10-22(18)34)24(35,25(27,28)29)26(30,31)32/h5-12,14,35H,13H2,1-4H3. The summed E-state index contributed by atoms with van der Waals surface area (Å²) in [7, 11) is 0. The molecule has 0 amide bonds. The van der Waals surface area contributed by atoms with Gasteiger partial charge in [-0.1, -0.05) is 6.07 Å². The van der Waals surface area contributed by atoms with Crippen molar-refractivity contribution in [2.45, 2.75) is 58.3 Å². The molecule has 0 fully saturated rings. The minimum atomic E-state index is -5.95.